The number of hydrogen-bond acceptors (Lipinski definition) is 3. The Balaban J connectivity index is 2.76. The lowest BCUT2D eigenvalue weighted by Gasteiger charge is -2.12. The second-order valence-corrected chi connectivity index (χ2v) is 4.52. The molecule has 1 unspecified atom stereocenters. The fourth-order valence-electron chi connectivity index (χ4n) is 1.72. The maximum atomic E-state index is 10.8. The number of benzene rings is 2. The van der Waals surface area contributed by atoms with Crippen LogP contribution in [0.2, 0.25) is 0 Å². The second kappa shape index (κ2) is 4.35. The van der Waals surface area contributed by atoms with Gasteiger partial charge in [-0.2, -0.15) is 0 Å². The molecule has 0 spiro atoms. The van der Waals surface area contributed by atoms with Crippen LogP contribution in [-0.2, 0) is 4.79 Å². The molecule has 0 aliphatic rings. The predicted molar refractivity (Wildman–Crippen MR) is 65.9 cm³/mol. The highest BCUT2D eigenvalue weighted by molar-refractivity contribution is 9.10. The van der Waals surface area contributed by atoms with E-state index in [-0.39, 0.29) is 11.3 Å². The molecule has 0 bridgehead atoms. The van der Waals surface area contributed by atoms with E-state index in [0.29, 0.717) is 5.39 Å². The van der Waals surface area contributed by atoms with Crippen molar-refractivity contribution in [1.29, 1.82) is 0 Å². The fourth-order valence-corrected chi connectivity index (χ4v) is 2.10. The third-order valence-electron chi connectivity index (χ3n) is 2.51. The summed E-state index contributed by atoms with van der Waals surface area (Å²) in [6.45, 7) is 0. The quantitative estimate of drug-likeness (QED) is 0.795. The molecule has 0 aliphatic heterocycles. The fraction of sp³-hybridized carbons (Fsp3) is 0.0833. The van der Waals surface area contributed by atoms with Crippen molar-refractivity contribution in [3.8, 4) is 5.75 Å². The second-order valence-electron chi connectivity index (χ2n) is 3.60. The molecular formula is C12H9BrO4. The van der Waals surface area contributed by atoms with E-state index in [1.165, 1.54) is 6.07 Å². The zero-order valence-electron chi connectivity index (χ0n) is 8.59. The minimum absolute atomic E-state index is 0.0162. The van der Waals surface area contributed by atoms with E-state index in [1.807, 2.05) is 0 Å². The Kier molecular flexibility index (Phi) is 3.04. The molecule has 2 aromatic rings. The maximum Gasteiger partial charge on any atom is 0.337 e. The summed E-state index contributed by atoms with van der Waals surface area (Å²) in [5.41, 5.74) is 0.0162. The summed E-state index contributed by atoms with van der Waals surface area (Å²) in [5.74, 6) is -1.62. The van der Waals surface area contributed by atoms with Crippen molar-refractivity contribution in [2.24, 2.45) is 0 Å². The molecule has 3 N–H and O–H groups in total. The van der Waals surface area contributed by atoms with Gasteiger partial charge in [0.25, 0.3) is 0 Å². The molecule has 4 nitrogen and oxygen atoms in total. The highest BCUT2D eigenvalue weighted by Crippen LogP contribution is 2.33. The minimum atomic E-state index is -1.74. The Hall–Kier alpha value is -1.59. The minimum Gasteiger partial charge on any atom is -0.508 e. The van der Waals surface area contributed by atoms with E-state index in [0.717, 1.165) is 9.86 Å². The van der Waals surface area contributed by atoms with Crippen LogP contribution in [0.3, 0.4) is 0 Å². The largest absolute Gasteiger partial charge is 0.508 e. The van der Waals surface area contributed by atoms with Crippen LogP contribution in [0.5, 0.6) is 5.75 Å². The lowest BCUT2D eigenvalue weighted by molar-refractivity contribution is -0.146. The van der Waals surface area contributed by atoms with Crippen LogP contribution in [0.25, 0.3) is 10.8 Å². The molecule has 1 atom stereocenters. The highest BCUT2D eigenvalue weighted by Gasteiger charge is 2.22. The van der Waals surface area contributed by atoms with Gasteiger partial charge in [-0.1, -0.05) is 28.1 Å². The number of aliphatic hydroxyl groups is 1. The van der Waals surface area contributed by atoms with Crippen molar-refractivity contribution >= 4 is 32.7 Å². The number of fused-ring (bicyclic) bond motifs is 1. The summed E-state index contributed by atoms with van der Waals surface area (Å²) < 4.78 is 0.839. The van der Waals surface area contributed by atoms with Gasteiger partial charge in [0.15, 0.2) is 6.10 Å². The molecule has 0 aliphatic carbocycles. The van der Waals surface area contributed by atoms with Gasteiger partial charge in [0.05, 0.1) is 0 Å². The Bertz CT molecular complexity index is 594. The molecular weight excluding hydrogens is 288 g/mol. The number of carbonyl (C=O) groups is 1. The Morgan fingerprint density at radius 3 is 2.59 bits per heavy atom. The molecule has 0 aromatic heterocycles. The third-order valence-corrected chi connectivity index (χ3v) is 3.00. The molecule has 0 fully saturated rings. The molecule has 5 heteroatoms. The average molecular weight is 297 g/mol. The first-order chi connectivity index (χ1) is 8.00. The SMILES string of the molecule is O=C(O)C(O)c1c(O)ccc2cc(Br)ccc12. The summed E-state index contributed by atoms with van der Waals surface area (Å²) in [6, 6.07) is 8.19. The molecule has 17 heavy (non-hydrogen) atoms. The van der Waals surface area contributed by atoms with Crippen LogP contribution in [0.4, 0.5) is 0 Å². The zero-order chi connectivity index (χ0) is 12.6. The van der Waals surface area contributed by atoms with Gasteiger partial charge >= 0.3 is 5.97 Å². The lowest BCUT2D eigenvalue weighted by Crippen LogP contribution is -2.11. The van der Waals surface area contributed by atoms with E-state index in [9.17, 15) is 15.0 Å². The maximum absolute atomic E-state index is 10.8. The molecule has 88 valence electrons. The van der Waals surface area contributed by atoms with Crippen molar-refractivity contribution in [2.75, 3.05) is 0 Å². The molecule has 0 saturated heterocycles. The summed E-state index contributed by atoms with van der Waals surface area (Å²) >= 11 is 3.30. The highest BCUT2D eigenvalue weighted by atomic mass is 79.9. The summed E-state index contributed by atoms with van der Waals surface area (Å²) in [4.78, 5) is 10.8. The number of aliphatic hydroxyl groups excluding tert-OH is 1. The first kappa shape index (κ1) is 11.9. The number of hydrogen-bond donors (Lipinski definition) is 3. The Morgan fingerprint density at radius 2 is 1.94 bits per heavy atom. The van der Waals surface area contributed by atoms with E-state index >= 15 is 0 Å². The van der Waals surface area contributed by atoms with E-state index in [4.69, 9.17) is 5.11 Å². The summed E-state index contributed by atoms with van der Waals surface area (Å²) in [7, 11) is 0. The molecule has 0 heterocycles. The van der Waals surface area contributed by atoms with Crippen LogP contribution >= 0.6 is 15.9 Å². The van der Waals surface area contributed by atoms with Gasteiger partial charge in [0, 0.05) is 10.0 Å². The van der Waals surface area contributed by atoms with Gasteiger partial charge in [0.1, 0.15) is 5.75 Å². The van der Waals surface area contributed by atoms with Crippen molar-refractivity contribution in [3.63, 3.8) is 0 Å². The molecule has 0 saturated carbocycles. The standard InChI is InChI=1S/C12H9BrO4/c13-7-2-3-8-6(5-7)1-4-9(14)10(8)11(15)12(16)17/h1-5,11,14-15H,(H,16,17). The topological polar surface area (TPSA) is 77.8 Å². The van der Waals surface area contributed by atoms with E-state index in [1.54, 1.807) is 24.3 Å². The normalized spacial score (nSPS) is 12.6. The average Bonchev–Trinajstić information content (AvgIpc) is 2.28. The van der Waals surface area contributed by atoms with Crippen LogP contribution in [0.15, 0.2) is 34.8 Å². The first-order valence-electron chi connectivity index (χ1n) is 4.82. The number of rotatable bonds is 2. The van der Waals surface area contributed by atoms with Crippen molar-refractivity contribution in [3.05, 3.63) is 40.4 Å². The molecule has 0 radical (unpaired) electrons. The number of carboxylic acids is 1. The van der Waals surface area contributed by atoms with Gasteiger partial charge in [-0.05, 0) is 29.0 Å². The van der Waals surface area contributed by atoms with Crippen molar-refractivity contribution in [2.45, 2.75) is 6.10 Å². The summed E-state index contributed by atoms with van der Waals surface area (Å²) in [6.07, 6.45) is -1.74. The van der Waals surface area contributed by atoms with E-state index in [2.05, 4.69) is 15.9 Å². The Labute approximate surface area is 105 Å². The number of halogens is 1. The lowest BCUT2D eigenvalue weighted by atomic mass is 9.99. The number of aliphatic carboxylic acids is 1. The number of phenolic OH excluding ortho intramolecular Hbond substituents is 1. The van der Waals surface area contributed by atoms with E-state index < -0.39 is 12.1 Å². The number of phenols is 1. The van der Waals surface area contributed by atoms with Gasteiger partial charge in [0.2, 0.25) is 0 Å². The predicted octanol–water partition coefficient (Wildman–Crippen LogP) is 2.43. The zero-order valence-corrected chi connectivity index (χ0v) is 10.2. The smallest absolute Gasteiger partial charge is 0.337 e. The Morgan fingerprint density at radius 1 is 1.24 bits per heavy atom. The molecule has 0 amide bonds. The third kappa shape index (κ3) is 2.11. The van der Waals surface area contributed by atoms with Crippen LogP contribution < -0.4 is 0 Å². The number of aromatic hydroxyl groups is 1. The summed E-state index contributed by atoms with van der Waals surface area (Å²) in [5, 5.41) is 29.3. The molecule has 2 rings (SSSR count). The van der Waals surface area contributed by atoms with Gasteiger partial charge < -0.3 is 15.3 Å². The van der Waals surface area contributed by atoms with Gasteiger partial charge in [-0.15, -0.1) is 0 Å². The van der Waals surface area contributed by atoms with Crippen LogP contribution in [0, 0.1) is 0 Å². The first-order valence-corrected chi connectivity index (χ1v) is 5.62. The van der Waals surface area contributed by atoms with Crippen molar-refractivity contribution in [1.82, 2.24) is 0 Å². The van der Waals surface area contributed by atoms with Gasteiger partial charge in [-0.3, -0.25) is 0 Å². The van der Waals surface area contributed by atoms with Crippen LogP contribution in [0.1, 0.15) is 11.7 Å². The van der Waals surface area contributed by atoms with Crippen molar-refractivity contribution < 1.29 is 20.1 Å². The number of carboxylic acid groups (broad SMARTS) is 1. The van der Waals surface area contributed by atoms with Gasteiger partial charge in [-0.25, -0.2) is 4.79 Å². The molecule has 2 aromatic carbocycles. The monoisotopic (exact) mass is 296 g/mol. The van der Waals surface area contributed by atoms with Crippen LogP contribution in [-0.4, -0.2) is 21.3 Å².